The molecule has 1 aliphatic rings. The summed E-state index contributed by atoms with van der Waals surface area (Å²) in [6, 6.07) is 7.82. The molecule has 0 radical (unpaired) electrons. The zero-order valence-corrected chi connectivity index (χ0v) is 11.8. The fourth-order valence-electron chi connectivity index (χ4n) is 2.32. The molecule has 6 nitrogen and oxygen atoms in total. The van der Waals surface area contributed by atoms with Crippen molar-refractivity contribution in [3.63, 3.8) is 0 Å². The molecule has 2 heterocycles. The Hall–Kier alpha value is -2.21. The van der Waals surface area contributed by atoms with Gasteiger partial charge in [0.15, 0.2) is 0 Å². The highest BCUT2D eigenvalue weighted by Crippen LogP contribution is 2.19. The van der Waals surface area contributed by atoms with Crippen LogP contribution in [0.15, 0.2) is 28.8 Å². The molecule has 1 fully saturated rings. The number of nitrogens with one attached hydrogen (secondary N) is 1. The molecule has 0 aliphatic carbocycles. The quantitative estimate of drug-likeness (QED) is 0.928. The molecular weight excluding hydrogens is 270 g/mol. The molecule has 110 valence electrons. The number of carbonyl (C=O) groups excluding carboxylic acids is 1. The maximum atomic E-state index is 11.8. The van der Waals surface area contributed by atoms with Crippen LogP contribution in [0, 0.1) is 6.92 Å². The van der Waals surface area contributed by atoms with E-state index in [0.29, 0.717) is 18.3 Å². The summed E-state index contributed by atoms with van der Waals surface area (Å²) in [6.07, 6.45) is 1.35. The summed E-state index contributed by atoms with van der Waals surface area (Å²) in [7, 11) is 0. The lowest BCUT2D eigenvalue weighted by atomic mass is 10.1. The molecule has 1 amide bonds. The molecule has 0 saturated carbocycles. The lowest BCUT2D eigenvalue weighted by Crippen LogP contribution is -2.33. The van der Waals surface area contributed by atoms with Gasteiger partial charge in [0.2, 0.25) is 17.6 Å². The molecule has 1 aromatic carbocycles. The molecule has 0 bridgehead atoms. The summed E-state index contributed by atoms with van der Waals surface area (Å²) in [5.74, 6) is 0.803. The minimum atomic E-state index is -0.344. The Kier molecular flexibility index (Phi) is 3.96. The van der Waals surface area contributed by atoms with Gasteiger partial charge >= 0.3 is 0 Å². The van der Waals surface area contributed by atoms with E-state index in [9.17, 15) is 4.79 Å². The predicted octanol–water partition coefficient (Wildman–Crippen LogP) is 1.84. The van der Waals surface area contributed by atoms with E-state index in [-0.39, 0.29) is 18.6 Å². The highest BCUT2D eigenvalue weighted by Gasteiger charge is 2.23. The molecule has 1 N–H and O–H groups in total. The van der Waals surface area contributed by atoms with Gasteiger partial charge in [-0.3, -0.25) is 4.79 Å². The van der Waals surface area contributed by atoms with Crippen LogP contribution < -0.4 is 5.32 Å². The SMILES string of the molecule is Cc1ccccc1-c1noc(CNC(=O)C2CCCO2)n1. The zero-order chi connectivity index (χ0) is 14.7. The van der Waals surface area contributed by atoms with Crippen molar-refractivity contribution >= 4 is 5.91 Å². The Labute approximate surface area is 122 Å². The Morgan fingerprint density at radius 2 is 2.29 bits per heavy atom. The third-order valence-electron chi connectivity index (χ3n) is 3.49. The summed E-state index contributed by atoms with van der Waals surface area (Å²) < 4.78 is 10.5. The van der Waals surface area contributed by atoms with Gasteiger partial charge in [0.05, 0.1) is 6.54 Å². The van der Waals surface area contributed by atoms with Gasteiger partial charge in [-0.15, -0.1) is 0 Å². The summed E-state index contributed by atoms with van der Waals surface area (Å²) in [5.41, 5.74) is 2.01. The normalized spacial score (nSPS) is 17.9. The second-order valence-electron chi connectivity index (χ2n) is 5.05. The van der Waals surface area contributed by atoms with Crippen LogP contribution in [0.4, 0.5) is 0 Å². The largest absolute Gasteiger partial charge is 0.368 e. The molecular formula is C15H17N3O3. The minimum absolute atomic E-state index is 0.122. The van der Waals surface area contributed by atoms with E-state index >= 15 is 0 Å². The Morgan fingerprint density at radius 3 is 3.05 bits per heavy atom. The van der Waals surface area contributed by atoms with E-state index < -0.39 is 0 Å². The molecule has 0 spiro atoms. The van der Waals surface area contributed by atoms with Crippen molar-refractivity contribution in [1.82, 2.24) is 15.5 Å². The summed E-state index contributed by atoms with van der Waals surface area (Å²) >= 11 is 0. The van der Waals surface area contributed by atoms with E-state index in [2.05, 4.69) is 15.5 Å². The number of amides is 1. The van der Waals surface area contributed by atoms with Crippen LogP contribution in [0.25, 0.3) is 11.4 Å². The van der Waals surface area contributed by atoms with E-state index in [0.717, 1.165) is 24.0 Å². The standard InChI is InChI=1S/C15H17N3O3/c1-10-5-2-3-6-11(10)14-17-13(21-18-14)9-16-15(19)12-7-4-8-20-12/h2-3,5-6,12H,4,7-9H2,1H3,(H,16,19). The van der Waals surface area contributed by atoms with Crippen LogP contribution in [-0.4, -0.2) is 28.8 Å². The van der Waals surface area contributed by atoms with Gasteiger partial charge in [0.1, 0.15) is 6.10 Å². The van der Waals surface area contributed by atoms with Crippen molar-refractivity contribution in [2.75, 3.05) is 6.61 Å². The third kappa shape index (κ3) is 3.11. The average molecular weight is 287 g/mol. The molecule has 1 aromatic heterocycles. The van der Waals surface area contributed by atoms with Crippen molar-refractivity contribution in [1.29, 1.82) is 0 Å². The number of rotatable bonds is 4. The fourth-order valence-corrected chi connectivity index (χ4v) is 2.32. The molecule has 6 heteroatoms. The second-order valence-corrected chi connectivity index (χ2v) is 5.05. The van der Waals surface area contributed by atoms with Crippen LogP contribution in [-0.2, 0) is 16.1 Å². The van der Waals surface area contributed by atoms with Gasteiger partial charge < -0.3 is 14.6 Å². The smallest absolute Gasteiger partial charge is 0.249 e. The first kappa shape index (κ1) is 13.8. The Bertz CT molecular complexity index is 633. The molecule has 1 unspecified atom stereocenters. The number of benzene rings is 1. The van der Waals surface area contributed by atoms with Crippen molar-refractivity contribution in [3.05, 3.63) is 35.7 Å². The summed E-state index contributed by atoms with van der Waals surface area (Å²) in [4.78, 5) is 16.1. The summed E-state index contributed by atoms with van der Waals surface area (Å²) in [5, 5.41) is 6.71. The van der Waals surface area contributed by atoms with Gasteiger partial charge in [-0.05, 0) is 25.3 Å². The van der Waals surface area contributed by atoms with E-state index in [1.807, 2.05) is 31.2 Å². The van der Waals surface area contributed by atoms with Gasteiger partial charge in [0, 0.05) is 12.2 Å². The Balaban J connectivity index is 1.63. The van der Waals surface area contributed by atoms with Crippen molar-refractivity contribution in [2.24, 2.45) is 0 Å². The molecule has 1 atom stereocenters. The highest BCUT2D eigenvalue weighted by molar-refractivity contribution is 5.80. The van der Waals surface area contributed by atoms with E-state index in [1.165, 1.54) is 0 Å². The van der Waals surface area contributed by atoms with Crippen LogP contribution in [0.2, 0.25) is 0 Å². The number of hydrogen-bond acceptors (Lipinski definition) is 5. The van der Waals surface area contributed by atoms with Crippen LogP contribution in [0.5, 0.6) is 0 Å². The lowest BCUT2D eigenvalue weighted by Gasteiger charge is -2.08. The second kappa shape index (κ2) is 6.05. The minimum Gasteiger partial charge on any atom is -0.368 e. The Morgan fingerprint density at radius 1 is 1.43 bits per heavy atom. The first-order chi connectivity index (χ1) is 10.2. The van der Waals surface area contributed by atoms with E-state index in [1.54, 1.807) is 0 Å². The van der Waals surface area contributed by atoms with Crippen LogP contribution in [0.1, 0.15) is 24.3 Å². The first-order valence-electron chi connectivity index (χ1n) is 7.02. The molecule has 2 aromatic rings. The monoisotopic (exact) mass is 287 g/mol. The molecule has 1 aliphatic heterocycles. The number of aromatic nitrogens is 2. The van der Waals surface area contributed by atoms with Gasteiger partial charge in [0.25, 0.3) is 0 Å². The molecule has 1 saturated heterocycles. The van der Waals surface area contributed by atoms with Gasteiger partial charge in [-0.1, -0.05) is 29.4 Å². The van der Waals surface area contributed by atoms with Crippen LogP contribution in [0.3, 0.4) is 0 Å². The lowest BCUT2D eigenvalue weighted by molar-refractivity contribution is -0.130. The van der Waals surface area contributed by atoms with Crippen molar-refractivity contribution < 1.29 is 14.1 Å². The fraction of sp³-hybridized carbons (Fsp3) is 0.400. The van der Waals surface area contributed by atoms with Crippen molar-refractivity contribution in [3.8, 4) is 11.4 Å². The van der Waals surface area contributed by atoms with Gasteiger partial charge in [-0.25, -0.2) is 0 Å². The van der Waals surface area contributed by atoms with Crippen LogP contribution >= 0.6 is 0 Å². The number of aryl methyl sites for hydroxylation is 1. The van der Waals surface area contributed by atoms with E-state index in [4.69, 9.17) is 9.26 Å². The van der Waals surface area contributed by atoms with Gasteiger partial charge in [-0.2, -0.15) is 4.98 Å². The number of hydrogen-bond donors (Lipinski definition) is 1. The average Bonchev–Trinajstić information content (AvgIpc) is 3.17. The maximum absolute atomic E-state index is 11.8. The van der Waals surface area contributed by atoms with Crippen molar-refractivity contribution in [2.45, 2.75) is 32.4 Å². The molecule has 21 heavy (non-hydrogen) atoms. The number of ether oxygens (including phenoxy) is 1. The topological polar surface area (TPSA) is 77.2 Å². The third-order valence-corrected chi connectivity index (χ3v) is 3.49. The number of carbonyl (C=O) groups is 1. The number of nitrogens with zero attached hydrogens (tertiary/aromatic N) is 2. The maximum Gasteiger partial charge on any atom is 0.249 e. The summed E-state index contributed by atoms with van der Waals surface area (Å²) in [6.45, 7) is 2.86. The first-order valence-corrected chi connectivity index (χ1v) is 7.02. The highest BCUT2D eigenvalue weighted by atomic mass is 16.5. The zero-order valence-electron chi connectivity index (χ0n) is 11.8. The molecule has 3 rings (SSSR count). The predicted molar refractivity (Wildman–Crippen MR) is 75.3 cm³/mol.